The van der Waals surface area contributed by atoms with Gasteiger partial charge in [0.15, 0.2) is 0 Å². The van der Waals surface area contributed by atoms with Crippen molar-refractivity contribution in [2.75, 3.05) is 0 Å². The molecule has 0 aromatic heterocycles. The van der Waals surface area contributed by atoms with Crippen molar-refractivity contribution in [2.24, 2.45) is 0 Å². The molecule has 0 saturated heterocycles. The predicted octanol–water partition coefficient (Wildman–Crippen LogP) is 4.77. The van der Waals surface area contributed by atoms with Crippen LogP contribution in [-0.2, 0) is 0 Å². The number of halogens is 2. The fourth-order valence-corrected chi connectivity index (χ4v) is 2.35. The second-order valence-corrected chi connectivity index (χ2v) is 4.96. The van der Waals surface area contributed by atoms with Gasteiger partial charge in [-0.2, -0.15) is 0 Å². The highest BCUT2D eigenvalue weighted by molar-refractivity contribution is 5.23. The van der Waals surface area contributed by atoms with E-state index in [9.17, 15) is 8.78 Å². The van der Waals surface area contributed by atoms with Gasteiger partial charge in [-0.25, -0.2) is 8.78 Å². The van der Waals surface area contributed by atoms with Gasteiger partial charge in [0, 0.05) is 12.1 Å². The summed E-state index contributed by atoms with van der Waals surface area (Å²) in [5.41, 5.74) is 1.80. The Morgan fingerprint density at radius 2 is 1.50 bits per heavy atom. The van der Waals surface area contributed by atoms with Crippen LogP contribution in [0.3, 0.4) is 0 Å². The highest BCUT2D eigenvalue weighted by Gasteiger charge is 2.14. The summed E-state index contributed by atoms with van der Waals surface area (Å²) in [5, 5.41) is 3.42. The second-order valence-electron chi connectivity index (χ2n) is 4.96. The van der Waals surface area contributed by atoms with Gasteiger partial charge in [0.1, 0.15) is 11.6 Å². The highest BCUT2D eigenvalue weighted by atomic mass is 19.1. The summed E-state index contributed by atoms with van der Waals surface area (Å²) in [5.74, 6) is -0.476. The molecule has 0 heterocycles. The summed E-state index contributed by atoms with van der Waals surface area (Å²) in [4.78, 5) is 0. The molecule has 0 amide bonds. The Morgan fingerprint density at radius 1 is 0.950 bits per heavy atom. The van der Waals surface area contributed by atoms with Crippen LogP contribution in [-0.4, -0.2) is 0 Å². The molecular weight excluding hydrogens is 256 g/mol. The summed E-state index contributed by atoms with van der Waals surface area (Å²) >= 11 is 0. The zero-order valence-corrected chi connectivity index (χ0v) is 11.7. The molecule has 0 aliphatic rings. The van der Waals surface area contributed by atoms with Gasteiger partial charge in [-0.3, -0.25) is 0 Å². The molecule has 0 fully saturated rings. The van der Waals surface area contributed by atoms with Crippen molar-refractivity contribution in [3.63, 3.8) is 0 Å². The third-order valence-electron chi connectivity index (χ3n) is 3.46. The van der Waals surface area contributed by atoms with Crippen LogP contribution in [0.4, 0.5) is 8.78 Å². The zero-order chi connectivity index (χ0) is 14.5. The lowest BCUT2D eigenvalue weighted by Crippen LogP contribution is -2.24. The van der Waals surface area contributed by atoms with Gasteiger partial charge in [0.25, 0.3) is 0 Å². The van der Waals surface area contributed by atoms with Crippen molar-refractivity contribution in [3.05, 3.63) is 71.3 Å². The Kier molecular flexibility index (Phi) is 4.85. The largest absolute Gasteiger partial charge is 0.303 e. The van der Waals surface area contributed by atoms with Crippen LogP contribution in [0.2, 0.25) is 0 Å². The normalized spacial score (nSPS) is 14.0. The first-order valence-electron chi connectivity index (χ1n) is 6.87. The fraction of sp³-hybridized carbons (Fsp3) is 0.294. The molecular formula is C17H19F2N. The minimum Gasteiger partial charge on any atom is -0.303 e. The lowest BCUT2D eigenvalue weighted by atomic mass is 10.0. The van der Waals surface area contributed by atoms with Crippen molar-refractivity contribution in [1.29, 1.82) is 0 Å². The summed E-state index contributed by atoms with van der Waals surface area (Å²) < 4.78 is 26.5. The fourth-order valence-electron chi connectivity index (χ4n) is 2.35. The molecule has 2 aromatic rings. The number of nitrogens with one attached hydrogen (secondary N) is 1. The van der Waals surface area contributed by atoms with Crippen LogP contribution in [0.25, 0.3) is 0 Å². The molecule has 1 nitrogen and oxygen atoms in total. The van der Waals surface area contributed by atoms with E-state index in [1.54, 1.807) is 18.2 Å². The molecule has 0 saturated carbocycles. The van der Waals surface area contributed by atoms with E-state index in [0.29, 0.717) is 0 Å². The Bertz CT molecular complexity index is 568. The maximum atomic E-state index is 13.3. The van der Waals surface area contributed by atoms with Crippen molar-refractivity contribution >= 4 is 0 Å². The Hall–Kier alpha value is -1.74. The van der Waals surface area contributed by atoms with Crippen LogP contribution in [0.1, 0.15) is 43.5 Å². The van der Waals surface area contributed by atoms with E-state index in [1.165, 1.54) is 18.2 Å². The van der Waals surface area contributed by atoms with Gasteiger partial charge in [-0.1, -0.05) is 31.2 Å². The molecule has 2 rings (SSSR count). The summed E-state index contributed by atoms with van der Waals surface area (Å²) in [6.45, 7) is 4.03. The standard InChI is InChI=1S/C17H19F2N/c1-3-17(14-7-5-9-16(19)11-14)20-12(2)13-6-4-8-15(18)10-13/h4-12,17,20H,3H2,1-2H3. The third kappa shape index (κ3) is 3.64. The van der Waals surface area contributed by atoms with E-state index in [2.05, 4.69) is 5.32 Å². The summed E-state index contributed by atoms with van der Waals surface area (Å²) in [6, 6.07) is 13.2. The van der Waals surface area contributed by atoms with Crippen LogP contribution in [0.5, 0.6) is 0 Å². The van der Waals surface area contributed by atoms with Gasteiger partial charge < -0.3 is 5.32 Å². The Morgan fingerprint density at radius 3 is 2.05 bits per heavy atom. The number of hydrogen-bond donors (Lipinski definition) is 1. The zero-order valence-electron chi connectivity index (χ0n) is 11.7. The summed E-state index contributed by atoms with van der Waals surface area (Å²) in [6.07, 6.45) is 0.836. The lowest BCUT2D eigenvalue weighted by molar-refractivity contribution is 0.453. The van der Waals surface area contributed by atoms with Crippen LogP contribution >= 0.6 is 0 Å². The first kappa shape index (κ1) is 14.7. The molecule has 2 aromatic carbocycles. The molecule has 3 heteroatoms. The molecule has 20 heavy (non-hydrogen) atoms. The van der Waals surface area contributed by atoms with Crippen molar-refractivity contribution < 1.29 is 8.78 Å². The van der Waals surface area contributed by atoms with Crippen molar-refractivity contribution in [1.82, 2.24) is 5.32 Å². The Balaban J connectivity index is 2.14. The number of benzene rings is 2. The van der Waals surface area contributed by atoms with E-state index >= 15 is 0 Å². The predicted molar refractivity (Wildman–Crippen MR) is 77.4 cm³/mol. The Labute approximate surface area is 118 Å². The molecule has 0 aliphatic carbocycles. The second kappa shape index (κ2) is 6.62. The molecule has 0 bridgehead atoms. The smallest absolute Gasteiger partial charge is 0.123 e. The highest BCUT2D eigenvalue weighted by Crippen LogP contribution is 2.23. The van der Waals surface area contributed by atoms with E-state index in [4.69, 9.17) is 0 Å². The minimum absolute atomic E-state index is 0.00100. The average molecular weight is 275 g/mol. The van der Waals surface area contributed by atoms with Gasteiger partial charge in [0.05, 0.1) is 0 Å². The lowest BCUT2D eigenvalue weighted by Gasteiger charge is -2.23. The molecule has 1 N–H and O–H groups in total. The van der Waals surface area contributed by atoms with Crippen molar-refractivity contribution in [3.8, 4) is 0 Å². The topological polar surface area (TPSA) is 12.0 Å². The van der Waals surface area contributed by atoms with Crippen LogP contribution in [0, 0.1) is 11.6 Å². The molecule has 0 aliphatic heterocycles. The van der Waals surface area contributed by atoms with Gasteiger partial charge in [0.2, 0.25) is 0 Å². The molecule has 2 atom stereocenters. The number of rotatable bonds is 5. The molecule has 106 valence electrons. The van der Waals surface area contributed by atoms with Gasteiger partial charge >= 0.3 is 0 Å². The van der Waals surface area contributed by atoms with Crippen molar-refractivity contribution in [2.45, 2.75) is 32.4 Å². The van der Waals surface area contributed by atoms with Gasteiger partial charge in [-0.05, 0) is 48.7 Å². The quantitative estimate of drug-likeness (QED) is 0.829. The molecule has 2 unspecified atom stereocenters. The van der Waals surface area contributed by atoms with Crippen LogP contribution < -0.4 is 5.32 Å². The maximum Gasteiger partial charge on any atom is 0.123 e. The molecule has 0 spiro atoms. The number of hydrogen-bond acceptors (Lipinski definition) is 1. The average Bonchev–Trinajstić information content (AvgIpc) is 2.44. The minimum atomic E-state index is -0.241. The van der Waals surface area contributed by atoms with Crippen LogP contribution in [0.15, 0.2) is 48.5 Å². The summed E-state index contributed by atoms with van der Waals surface area (Å²) in [7, 11) is 0. The van der Waals surface area contributed by atoms with E-state index in [1.807, 2.05) is 26.0 Å². The third-order valence-corrected chi connectivity index (χ3v) is 3.46. The molecule has 0 radical (unpaired) electrons. The maximum absolute atomic E-state index is 13.3. The first-order valence-corrected chi connectivity index (χ1v) is 6.87. The van der Waals surface area contributed by atoms with Gasteiger partial charge in [-0.15, -0.1) is 0 Å². The monoisotopic (exact) mass is 275 g/mol. The van der Waals surface area contributed by atoms with E-state index < -0.39 is 0 Å². The van der Waals surface area contributed by atoms with E-state index in [0.717, 1.165) is 17.5 Å². The first-order chi connectivity index (χ1) is 9.60. The SMILES string of the molecule is CCC(NC(C)c1cccc(F)c1)c1cccc(F)c1. The van der Waals surface area contributed by atoms with E-state index in [-0.39, 0.29) is 23.7 Å².